The summed E-state index contributed by atoms with van der Waals surface area (Å²) in [5, 5.41) is 3.55. The maximum Gasteiger partial charge on any atom is 0.126 e. The summed E-state index contributed by atoms with van der Waals surface area (Å²) in [7, 11) is 0. The van der Waals surface area contributed by atoms with Crippen LogP contribution in [0.15, 0.2) is 42.5 Å². The molecule has 0 aliphatic carbocycles. The fourth-order valence-corrected chi connectivity index (χ4v) is 2.41. The summed E-state index contributed by atoms with van der Waals surface area (Å²) in [6.07, 6.45) is 1.07. The van der Waals surface area contributed by atoms with Gasteiger partial charge in [0.05, 0.1) is 6.04 Å². The van der Waals surface area contributed by atoms with Gasteiger partial charge in [0.15, 0.2) is 0 Å². The van der Waals surface area contributed by atoms with Crippen molar-refractivity contribution in [1.29, 1.82) is 0 Å². The summed E-state index contributed by atoms with van der Waals surface area (Å²) in [6, 6.07) is 14.0. The minimum Gasteiger partial charge on any atom is -0.306 e. The molecule has 20 heavy (non-hydrogen) atoms. The van der Waals surface area contributed by atoms with Crippen molar-refractivity contribution in [2.24, 2.45) is 0 Å². The topological polar surface area (TPSA) is 12.0 Å². The van der Waals surface area contributed by atoms with E-state index in [4.69, 9.17) is 0 Å². The largest absolute Gasteiger partial charge is 0.306 e. The van der Waals surface area contributed by atoms with Gasteiger partial charge in [-0.2, -0.15) is 0 Å². The van der Waals surface area contributed by atoms with Gasteiger partial charge in [0.1, 0.15) is 5.82 Å². The van der Waals surface area contributed by atoms with Crippen LogP contribution in [0.3, 0.4) is 0 Å². The van der Waals surface area contributed by atoms with Gasteiger partial charge in [0.25, 0.3) is 0 Å². The second-order valence-electron chi connectivity index (χ2n) is 5.31. The van der Waals surface area contributed by atoms with E-state index in [1.807, 2.05) is 19.1 Å². The Morgan fingerprint density at radius 1 is 1.05 bits per heavy atom. The molecule has 0 saturated carbocycles. The average Bonchev–Trinajstić information content (AvgIpc) is 2.43. The third-order valence-electron chi connectivity index (χ3n) is 3.49. The molecule has 0 amide bonds. The van der Waals surface area contributed by atoms with Gasteiger partial charge in [-0.15, -0.1) is 0 Å². The van der Waals surface area contributed by atoms with Crippen molar-refractivity contribution in [2.75, 3.05) is 6.54 Å². The first-order valence-electron chi connectivity index (χ1n) is 7.18. The monoisotopic (exact) mass is 271 g/mol. The summed E-state index contributed by atoms with van der Waals surface area (Å²) >= 11 is 0. The average molecular weight is 271 g/mol. The first-order valence-corrected chi connectivity index (χ1v) is 7.18. The number of hydrogen-bond donors (Lipinski definition) is 1. The van der Waals surface area contributed by atoms with Gasteiger partial charge in [-0.05, 0) is 49.6 Å². The maximum atomic E-state index is 13.5. The number of nitrogens with one attached hydrogen (secondary N) is 1. The molecule has 0 bridgehead atoms. The van der Waals surface area contributed by atoms with Crippen LogP contribution in [0.1, 0.15) is 41.6 Å². The van der Waals surface area contributed by atoms with Crippen LogP contribution < -0.4 is 5.32 Å². The Kier molecular flexibility index (Phi) is 4.91. The van der Waals surface area contributed by atoms with Gasteiger partial charge in [-0.25, -0.2) is 4.39 Å². The number of halogens is 1. The molecule has 2 aromatic carbocycles. The smallest absolute Gasteiger partial charge is 0.126 e. The fourth-order valence-electron chi connectivity index (χ4n) is 2.41. The zero-order chi connectivity index (χ0) is 14.5. The molecule has 2 aromatic rings. The van der Waals surface area contributed by atoms with E-state index in [-0.39, 0.29) is 11.9 Å². The molecule has 1 unspecified atom stereocenters. The van der Waals surface area contributed by atoms with Crippen LogP contribution in [-0.4, -0.2) is 6.54 Å². The van der Waals surface area contributed by atoms with Crippen LogP contribution in [-0.2, 0) is 0 Å². The minimum atomic E-state index is -0.146. The quantitative estimate of drug-likeness (QED) is 0.842. The first-order chi connectivity index (χ1) is 9.61. The summed E-state index contributed by atoms with van der Waals surface area (Å²) < 4.78 is 13.5. The Balaban J connectivity index is 2.38. The molecule has 0 fully saturated rings. The van der Waals surface area contributed by atoms with Crippen LogP contribution in [0.4, 0.5) is 4.39 Å². The standard InChI is InChI=1S/C18H22FN/c1-4-10-20-18(15-7-5-6-13(2)11-15)16-8-9-17(19)14(3)12-16/h5-9,11-12,18,20H,4,10H2,1-3H3. The second kappa shape index (κ2) is 6.67. The van der Waals surface area contributed by atoms with Crippen molar-refractivity contribution in [3.63, 3.8) is 0 Å². The second-order valence-corrected chi connectivity index (χ2v) is 5.31. The van der Waals surface area contributed by atoms with Crippen LogP contribution in [0, 0.1) is 19.7 Å². The van der Waals surface area contributed by atoms with Crippen molar-refractivity contribution in [2.45, 2.75) is 33.2 Å². The Morgan fingerprint density at radius 2 is 1.80 bits per heavy atom. The molecule has 0 heterocycles. The molecule has 106 valence electrons. The maximum absolute atomic E-state index is 13.5. The SMILES string of the molecule is CCCNC(c1cccc(C)c1)c1ccc(F)c(C)c1. The molecule has 0 spiro atoms. The minimum absolute atomic E-state index is 0.120. The molecule has 1 N–H and O–H groups in total. The molecule has 1 nitrogen and oxygen atoms in total. The van der Waals surface area contributed by atoms with Gasteiger partial charge < -0.3 is 5.32 Å². The Hall–Kier alpha value is -1.67. The van der Waals surface area contributed by atoms with Gasteiger partial charge in [-0.3, -0.25) is 0 Å². The third kappa shape index (κ3) is 3.45. The molecule has 0 radical (unpaired) electrons. The van der Waals surface area contributed by atoms with Gasteiger partial charge in [-0.1, -0.05) is 48.9 Å². The lowest BCUT2D eigenvalue weighted by atomic mass is 9.96. The van der Waals surface area contributed by atoms with Gasteiger partial charge >= 0.3 is 0 Å². The molecule has 0 aromatic heterocycles. The number of aryl methyl sites for hydroxylation is 2. The van der Waals surface area contributed by atoms with Crippen molar-refractivity contribution < 1.29 is 4.39 Å². The lowest BCUT2D eigenvalue weighted by Crippen LogP contribution is -2.23. The van der Waals surface area contributed by atoms with E-state index >= 15 is 0 Å². The Labute approximate surface area is 120 Å². The van der Waals surface area contributed by atoms with Crippen molar-refractivity contribution >= 4 is 0 Å². The van der Waals surface area contributed by atoms with Crippen molar-refractivity contribution in [3.05, 3.63) is 70.5 Å². The lowest BCUT2D eigenvalue weighted by Gasteiger charge is -2.20. The van der Waals surface area contributed by atoms with Crippen LogP contribution in [0.2, 0.25) is 0 Å². The summed E-state index contributed by atoms with van der Waals surface area (Å²) in [5.41, 5.74) is 4.27. The highest BCUT2D eigenvalue weighted by molar-refractivity contribution is 5.36. The molecule has 0 aliphatic rings. The zero-order valence-corrected chi connectivity index (χ0v) is 12.4. The molecule has 0 saturated heterocycles. The number of benzene rings is 2. The van der Waals surface area contributed by atoms with E-state index < -0.39 is 0 Å². The molecule has 0 aliphatic heterocycles. The fraction of sp³-hybridized carbons (Fsp3) is 0.333. The third-order valence-corrected chi connectivity index (χ3v) is 3.49. The Morgan fingerprint density at radius 3 is 2.45 bits per heavy atom. The van der Waals surface area contributed by atoms with Crippen molar-refractivity contribution in [1.82, 2.24) is 5.32 Å². The molecule has 2 heteroatoms. The van der Waals surface area contributed by atoms with Crippen LogP contribution in [0.25, 0.3) is 0 Å². The molecular formula is C18H22FN. The van der Waals surface area contributed by atoms with Crippen LogP contribution >= 0.6 is 0 Å². The van der Waals surface area contributed by atoms with E-state index in [2.05, 4.69) is 43.4 Å². The van der Waals surface area contributed by atoms with Crippen LogP contribution in [0.5, 0.6) is 0 Å². The number of rotatable bonds is 5. The van der Waals surface area contributed by atoms with Gasteiger partial charge in [0, 0.05) is 0 Å². The number of hydrogen-bond acceptors (Lipinski definition) is 1. The van der Waals surface area contributed by atoms with Gasteiger partial charge in [0.2, 0.25) is 0 Å². The van der Waals surface area contributed by atoms with E-state index in [1.165, 1.54) is 11.1 Å². The van der Waals surface area contributed by atoms with E-state index in [1.54, 1.807) is 6.07 Å². The Bertz CT molecular complexity index is 577. The highest BCUT2D eigenvalue weighted by Gasteiger charge is 2.14. The predicted octanol–water partition coefficient (Wildman–Crippen LogP) is 4.53. The normalized spacial score (nSPS) is 12.4. The summed E-state index contributed by atoms with van der Waals surface area (Å²) in [6.45, 7) is 6.99. The van der Waals surface area contributed by atoms with E-state index in [9.17, 15) is 4.39 Å². The molecular weight excluding hydrogens is 249 g/mol. The van der Waals surface area contributed by atoms with Crippen molar-refractivity contribution in [3.8, 4) is 0 Å². The predicted molar refractivity (Wildman–Crippen MR) is 82.5 cm³/mol. The first kappa shape index (κ1) is 14.7. The van der Waals surface area contributed by atoms with E-state index in [0.29, 0.717) is 5.56 Å². The summed E-state index contributed by atoms with van der Waals surface area (Å²) in [5.74, 6) is -0.146. The molecule has 1 atom stereocenters. The molecule has 2 rings (SSSR count). The summed E-state index contributed by atoms with van der Waals surface area (Å²) in [4.78, 5) is 0. The zero-order valence-electron chi connectivity index (χ0n) is 12.4. The van der Waals surface area contributed by atoms with E-state index in [0.717, 1.165) is 18.5 Å². The highest BCUT2D eigenvalue weighted by Crippen LogP contribution is 2.24. The highest BCUT2D eigenvalue weighted by atomic mass is 19.1. The lowest BCUT2D eigenvalue weighted by molar-refractivity contribution is 0.590.